The third-order valence-corrected chi connectivity index (χ3v) is 7.38. The number of benzene rings is 1. The van der Waals surface area contributed by atoms with Crippen LogP contribution in [-0.2, 0) is 26.1 Å². The van der Waals surface area contributed by atoms with Crippen molar-refractivity contribution in [2.24, 2.45) is 11.8 Å². The molecule has 162 valence electrons. The third-order valence-electron chi connectivity index (χ3n) is 7.38. The Hall–Kier alpha value is -3.44. The maximum Gasteiger partial charge on any atom is 0.415 e. The zero-order chi connectivity index (χ0) is 22.0. The summed E-state index contributed by atoms with van der Waals surface area (Å²) >= 11 is 0. The Kier molecular flexibility index (Phi) is 4.08. The molecule has 1 aliphatic carbocycles. The van der Waals surface area contributed by atoms with E-state index in [1.165, 1.54) is 6.92 Å². The van der Waals surface area contributed by atoms with E-state index in [1.807, 2.05) is 30.5 Å². The number of hydrogen-bond donors (Lipinski definition) is 1. The van der Waals surface area contributed by atoms with E-state index in [-0.39, 0.29) is 36.0 Å². The number of ether oxygens (including phenoxy) is 2. The summed E-state index contributed by atoms with van der Waals surface area (Å²) in [7, 11) is 0. The van der Waals surface area contributed by atoms with Gasteiger partial charge >= 0.3 is 6.09 Å². The van der Waals surface area contributed by atoms with E-state index < -0.39 is 5.41 Å². The number of carbonyl (C=O) groups excluding carboxylic acids is 2. The van der Waals surface area contributed by atoms with Gasteiger partial charge < -0.3 is 14.8 Å². The van der Waals surface area contributed by atoms with Crippen LogP contribution in [0.3, 0.4) is 0 Å². The molecule has 2 aromatic rings. The van der Waals surface area contributed by atoms with Crippen molar-refractivity contribution in [2.45, 2.75) is 30.9 Å². The van der Waals surface area contributed by atoms with E-state index >= 15 is 0 Å². The average molecular weight is 430 g/mol. The van der Waals surface area contributed by atoms with Crippen molar-refractivity contribution in [3.05, 3.63) is 47.8 Å². The molecule has 3 fully saturated rings. The van der Waals surface area contributed by atoms with Gasteiger partial charge in [-0.05, 0) is 35.7 Å². The smallest absolute Gasteiger partial charge is 0.415 e. The lowest BCUT2D eigenvalue weighted by molar-refractivity contribution is -0.119. The molecule has 2 saturated heterocycles. The van der Waals surface area contributed by atoms with Crippen molar-refractivity contribution in [3.63, 3.8) is 0 Å². The van der Waals surface area contributed by atoms with E-state index in [2.05, 4.69) is 22.4 Å². The van der Waals surface area contributed by atoms with Gasteiger partial charge in [0.05, 0.1) is 43.3 Å². The molecule has 4 heterocycles. The predicted octanol–water partition coefficient (Wildman–Crippen LogP) is 2.17. The molecule has 1 saturated carbocycles. The second-order valence-corrected chi connectivity index (χ2v) is 9.01. The van der Waals surface area contributed by atoms with E-state index in [4.69, 9.17) is 9.47 Å². The number of anilines is 1. The second-order valence-electron chi connectivity index (χ2n) is 9.01. The van der Waals surface area contributed by atoms with Crippen LogP contribution in [0.5, 0.6) is 0 Å². The largest absolute Gasteiger partial charge is 0.442 e. The summed E-state index contributed by atoms with van der Waals surface area (Å²) < 4.78 is 10.9. The highest BCUT2D eigenvalue weighted by Gasteiger charge is 2.70. The number of nitrogens with zero attached hydrogens (tertiary/aromatic N) is 3. The van der Waals surface area contributed by atoms with E-state index in [0.29, 0.717) is 26.2 Å². The van der Waals surface area contributed by atoms with Crippen molar-refractivity contribution < 1.29 is 19.1 Å². The number of carbonyl (C=O) groups is 2. The molecule has 0 radical (unpaired) electrons. The van der Waals surface area contributed by atoms with Crippen molar-refractivity contribution >= 4 is 17.7 Å². The lowest BCUT2D eigenvalue weighted by atomic mass is 9.96. The molecule has 32 heavy (non-hydrogen) atoms. The summed E-state index contributed by atoms with van der Waals surface area (Å²) in [6.07, 6.45) is 1.76. The summed E-state index contributed by atoms with van der Waals surface area (Å²) in [4.78, 5) is 30.0. The van der Waals surface area contributed by atoms with Crippen LogP contribution < -0.4 is 10.2 Å². The van der Waals surface area contributed by atoms with Crippen molar-refractivity contribution in [1.29, 1.82) is 5.26 Å². The number of cyclic esters (lactones) is 1. The molecular weight excluding hydrogens is 408 g/mol. The summed E-state index contributed by atoms with van der Waals surface area (Å²) in [5.41, 5.74) is 4.24. The molecule has 5 atom stereocenters. The van der Waals surface area contributed by atoms with Gasteiger partial charge in [0.25, 0.3) is 0 Å². The minimum Gasteiger partial charge on any atom is -0.442 e. The molecule has 1 aromatic carbocycles. The van der Waals surface area contributed by atoms with Crippen LogP contribution in [0, 0.1) is 23.2 Å². The molecule has 4 aliphatic rings. The zero-order valence-corrected chi connectivity index (χ0v) is 17.6. The Bertz CT molecular complexity index is 1160. The van der Waals surface area contributed by atoms with Gasteiger partial charge in [-0.1, -0.05) is 12.1 Å². The number of nitrogens with one attached hydrogen (secondary N) is 1. The van der Waals surface area contributed by atoms with Crippen LogP contribution in [0.25, 0.3) is 11.1 Å². The first-order chi connectivity index (χ1) is 15.5. The third kappa shape index (κ3) is 2.61. The van der Waals surface area contributed by atoms with Gasteiger partial charge in [0, 0.05) is 30.5 Å². The Morgan fingerprint density at radius 3 is 2.75 bits per heavy atom. The molecule has 8 heteroatoms. The highest BCUT2D eigenvalue weighted by Crippen LogP contribution is 2.62. The first-order valence-electron chi connectivity index (χ1n) is 10.9. The summed E-state index contributed by atoms with van der Waals surface area (Å²) in [6, 6.07) is 12.4. The van der Waals surface area contributed by atoms with E-state index in [1.54, 1.807) is 4.90 Å². The molecule has 0 unspecified atom stereocenters. The van der Waals surface area contributed by atoms with Gasteiger partial charge in [0.15, 0.2) is 0 Å². The minimum absolute atomic E-state index is 0.118. The van der Waals surface area contributed by atoms with Gasteiger partial charge in [0.2, 0.25) is 5.91 Å². The lowest BCUT2D eigenvalue weighted by Crippen LogP contribution is -2.40. The van der Waals surface area contributed by atoms with Crippen LogP contribution >= 0.6 is 0 Å². The van der Waals surface area contributed by atoms with Crippen LogP contribution in [-0.4, -0.2) is 48.9 Å². The molecule has 3 aliphatic heterocycles. The summed E-state index contributed by atoms with van der Waals surface area (Å²) in [5.74, 6) is 0.364. The molecule has 6 rings (SSSR count). The second kappa shape index (κ2) is 6.78. The number of pyridine rings is 1. The normalized spacial score (nSPS) is 31.4. The molecular formula is C24H22N4O4. The maximum absolute atomic E-state index is 12.4. The van der Waals surface area contributed by atoms with Gasteiger partial charge in [-0.25, -0.2) is 4.79 Å². The molecule has 1 aromatic heterocycles. The molecule has 0 spiro atoms. The Morgan fingerprint density at radius 2 is 2.06 bits per heavy atom. The van der Waals surface area contributed by atoms with E-state index in [0.717, 1.165) is 28.1 Å². The Labute approximate surface area is 185 Å². The fourth-order valence-electron chi connectivity index (χ4n) is 5.65. The molecule has 8 nitrogen and oxygen atoms in total. The van der Waals surface area contributed by atoms with Crippen molar-refractivity contribution in [2.75, 3.05) is 24.7 Å². The number of aromatic nitrogens is 1. The quantitative estimate of drug-likeness (QED) is 0.797. The van der Waals surface area contributed by atoms with Crippen LogP contribution in [0.1, 0.15) is 18.2 Å². The van der Waals surface area contributed by atoms with Crippen LogP contribution in [0.15, 0.2) is 36.5 Å². The molecule has 2 amide bonds. The Morgan fingerprint density at radius 1 is 1.28 bits per heavy atom. The highest BCUT2D eigenvalue weighted by atomic mass is 16.6. The number of nitriles is 1. The first kappa shape index (κ1) is 19.3. The van der Waals surface area contributed by atoms with E-state index in [9.17, 15) is 14.9 Å². The number of fused-ring (bicyclic) bond motifs is 4. The molecule has 1 N–H and O–H groups in total. The number of hydrogen-bond acceptors (Lipinski definition) is 6. The zero-order valence-electron chi connectivity index (χ0n) is 17.6. The summed E-state index contributed by atoms with van der Waals surface area (Å²) in [6.45, 7) is 3.03. The Balaban J connectivity index is 1.24. The topological polar surface area (TPSA) is 105 Å². The monoisotopic (exact) mass is 430 g/mol. The van der Waals surface area contributed by atoms with Gasteiger partial charge in [-0.3, -0.25) is 14.7 Å². The van der Waals surface area contributed by atoms with Gasteiger partial charge in [-0.2, -0.15) is 5.26 Å². The highest BCUT2D eigenvalue weighted by molar-refractivity contribution is 5.94. The van der Waals surface area contributed by atoms with Gasteiger partial charge in [-0.15, -0.1) is 0 Å². The number of amides is 2. The van der Waals surface area contributed by atoms with Crippen LogP contribution in [0.4, 0.5) is 10.5 Å². The van der Waals surface area contributed by atoms with Crippen molar-refractivity contribution in [3.8, 4) is 17.2 Å². The van der Waals surface area contributed by atoms with Crippen molar-refractivity contribution in [1.82, 2.24) is 10.3 Å². The summed E-state index contributed by atoms with van der Waals surface area (Å²) in [5, 5.41) is 12.5. The lowest BCUT2D eigenvalue weighted by Gasteiger charge is -2.16. The number of rotatable bonds is 4. The maximum atomic E-state index is 12.4. The van der Waals surface area contributed by atoms with Crippen LogP contribution in [0.2, 0.25) is 0 Å². The predicted molar refractivity (Wildman–Crippen MR) is 114 cm³/mol. The fourth-order valence-corrected chi connectivity index (χ4v) is 5.65. The standard InChI is InChI=1S/C24H22N4O4/c1-13(29)26-9-21-20-7-16-6-14(2-4-19(16)28(20)23(30)32-21)15-3-5-22(27-8-15)24(12-25)17-10-31-11-18(17)24/h2-6,8,17-18,20-21H,7,9-11H2,1H3,(H,26,29)/t17-,18+,20-,21-,24+/m0/s1. The first-order valence-corrected chi connectivity index (χ1v) is 10.9. The average Bonchev–Trinajstić information content (AvgIpc) is 3.20. The molecule has 0 bridgehead atoms. The van der Waals surface area contributed by atoms with Gasteiger partial charge in [0.1, 0.15) is 11.5 Å². The SMILES string of the molecule is CC(=O)NC[C@@H]1OC(=O)N2c3ccc(-c4ccc([C@@]5(C#N)[C@@H]6COC[C@@H]65)nc4)cc3C[C@@H]12. The fraction of sp³-hybridized carbons (Fsp3) is 0.417. The minimum atomic E-state index is -0.497.